The maximum Gasteiger partial charge on any atom is 0.240 e. The second kappa shape index (κ2) is 7.31. The number of carbonyl (C=O) groups excluding carboxylic acids is 1. The molecule has 2 saturated carbocycles. The molecule has 2 aromatic rings. The molecule has 0 bridgehead atoms. The van der Waals surface area contributed by atoms with Crippen LogP contribution in [0, 0.1) is 11.6 Å². The van der Waals surface area contributed by atoms with Gasteiger partial charge >= 0.3 is 0 Å². The van der Waals surface area contributed by atoms with Crippen LogP contribution < -0.4 is 5.32 Å². The van der Waals surface area contributed by atoms with Gasteiger partial charge in [0.15, 0.2) is 5.82 Å². The fourth-order valence-corrected chi connectivity index (χ4v) is 4.34. The minimum Gasteiger partial charge on any atom is -0.361 e. The van der Waals surface area contributed by atoms with Crippen molar-refractivity contribution in [1.29, 1.82) is 0 Å². The van der Waals surface area contributed by atoms with Crippen LogP contribution in [-0.4, -0.2) is 46.8 Å². The topological polar surface area (TPSA) is 67.3 Å². The van der Waals surface area contributed by atoms with Gasteiger partial charge in [0, 0.05) is 23.4 Å². The molecular weight excluding hydrogens is 397 g/mol. The number of ether oxygens (including phenoxy) is 1. The number of hydrogen-bond donors (Lipinski definition) is 1. The lowest BCUT2D eigenvalue weighted by molar-refractivity contribution is -0.119. The number of nitrogens with zero attached hydrogens (tertiary/aromatic N) is 3. The number of benzene rings is 1. The van der Waals surface area contributed by atoms with Gasteiger partial charge in [0.1, 0.15) is 12.0 Å². The average molecular weight is 418 g/mol. The lowest BCUT2D eigenvalue weighted by atomic mass is 9.87. The summed E-state index contributed by atoms with van der Waals surface area (Å²) < 4.78 is 47.6. The van der Waals surface area contributed by atoms with Gasteiger partial charge in [-0.25, -0.2) is 23.1 Å². The highest BCUT2D eigenvalue weighted by atomic mass is 19.1. The van der Waals surface area contributed by atoms with Crippen LogP contribution in [0.25, 0.3) is 0 Å². The van der Waals surface area contributed by atoms with Crippen LogP contribution in [0.15, 0.2) is 24.5 Å². The largest absolute Gasteiger partial charge is 0.361 e. The van der Waals surface area contributed by atoms with Gasteiger partial charge in [-0.3, -0.25) is 15.0 Å². The van der Waals surface area contributed by atoms with E-state index in [1.165, 1.54) is 0 Å². The number of nitrogens with one attached hydrogen (secondary N) is 1. The highest BCUT2D eigenvalue weighted by molar-refractivity contribution is 5.90. The maximum atomic E-state index is 15.4. The van der Waals surface area contributed by atoms with Crippen LogP contribution in [0.1, 0.15) is 41.9 Å². The molecule has 2 heterocycles. The summed E-state index contributed by atoms with van der Waals surface area (Å²) in [7, 11) is 0. The zero-order chi connectivity index (χ0) is 20.9. The molecule has 5 rings (SSSR count). The minimum atomic E-state index is -0.966. The van der Waals surface area contributed by atoms with E-state index in [2.05, 4.69) is 15.3 Å². The van der Waals surface area contributed by atoms with E-state index in [-0.39, 0.29) is 48.9 Å². The Kier molecular flexibility index (Phi) is 4.74. The standard InChI is InChI=1S/C21H21F3N4O2/c22-13-6-25-20(26-7-13)27-17(29)8-28-10-21(3-4-21)18-12(9-30-11-28)1-2-14(19(18)24)15-5-16(15)23/h1-2,6-7,15-16H,3-5,8-11H2,(H,25,26,27,29). The molecule has 2 atom stereocenters. The molecule has 2 aliphatic carbocycles. The summed E-state index contributed by atoms with van der Waals surface area (Å²) in [5.41, 5.74) is 1.48. The monoisotopic (exact) mass is 418 g/mol. The van der Waals surface area contributed by atoms with E-state index in [4.69, 9.17) is 4.74 Å². The third-order valence-corrected chi connectivity index (χ3v) is 6.05. The number of aromatic nitrogens is 2. The zero-order valence-electron chi connectivity index (χ0n) is 16.2. The van der Waals surface area contributed by atoms with Gasteiger partial charge in [-0.15, -0.1) is 0 Å². The molecule has 1 amide bonds. The molecule has 9 heteroatoms. The van der Waals surface area contributed by atoms with Gasteiger partial charge in [0.25, 0.3) is 0 Å². The Morgan fingerprint density at radius 1 is 1.27 bits per heavy atom. The number of anilines is 1. The number of halogens is 3. The summed E-state index contributed by atoms with van der Waals surface area (Å²) in [5, 5.41) is 2.53. The Morgan fingerprint density at radius 3 is 2.67 bits per heavy atom. The lowest BCUT2D eigenvalue weighted by Crippen LogP contribution is -2.42. The van der Waals surface area contributed by atoms with Crippen molar-refractivity contribution in [3.05, 3.63) is 52.9 Å². The normalized spacial score (nSPS) is 24.6. The molecule has 2 fully saturated rings. The fourth-order valence-electron chi connectivity index (χ4n) is 4.34. The third-order valence-electron chi connectivity index (χ3n) is 6.05. The van der Waals surface area contributed by atoms with Crippen LogP contribution in [0.3, 0.4) is 0 Å². The van der Waals surface area contributed by atoms with E-state index in [9.17, 15) is 13.6 Å². The Morgan fingerprint density at radius 2 is 2.00 bits per heavy atom. The molecule has 3 aliphatic rings. The van der Waals surface area contributed by atoms with E-state index in [1.54, 1.807) is 6.07 Å². The van der Waals surface area contributed by atoms with Crippen LogP contribution in [0.2, 0.25) is 0 Å². The summed E-state index contributed by atoms with van der Waals surface area (Å²) >= 11 is 0. The SMILES string of the molecule is O=C(CN1COCc2ccc(C3CC3F)c(F)c2C2(CC2)C1)Nc1ncc(F)cn1. The molecule has 1 N–H and O–H groups in total. The lowest BCUT2D eigenvalue weighted by Gasteiger charge is -2.32. The summed E-state index contributed by atoms with van der Waals surface area (Å²) in [6.45, 7) is 0.921. The average Bonchev–Trinajstić information content (AvgIpc) is 3.61. The first kappa shape index (κ1) is 19.4. The van der Waals surface area contributed by atoms with Crippen molar-refractivity contribution in [2.75, 3.05) is 25.1 Å². The van der Waals surface area contributed by atoms with Crippen molar-refractivity contribution < 1.29 is 22.7 Å². The molecule has 2 unspecified atom stereocenters. The van der Waals surface area contributed by atoms with E-state index in [1.807, 2.05) is 11.0 Å². The number of rotatable bonds is 4. The highest BCUT2D eigenvalue weighted by Gasteiger charge is 2.51. The molecule has 30 heavy (non-hydrogen) atoms. The van der Waals surface area contributed by atoms with E-state index in [0.717, 1.165) is 30.8 Å². The Hall–Kier alpha value is -2.52. The highest BCUT2D eigenvalue weighted by Crippen LogP contribution is 2.54. The molecule has 1 aromatic carbocycles. The summed E-state index contributed by atoms with van der Waals surface area (Å²) in [6, 6.07) is 3.54. The summed E-state index contributed by atoms with van der Waals surface area (Å²) in [4.78, 5) is 21.6. The number of fused-ring (bicyclic) bond motifs is 2. The van der Waals surface area contributed by atoms with Crippen molar-refractivity contribution in [3.63, 3.8) is 0 Å². The molecular formula is C21H21F3N4O2. The van der Waals surface area contributed by atoms with Crippen LogP contribution in [0.5, 0.6) is 0 Å². The number of hydrogen-bond acceptors (Lipinski definition) is 5. The van der Waals surface area contributed by atoms with Crippen LogP contribution in [0.4, 0.5) is 19.1 Å². The molecule has 1 aliphatic heterocycles. The minimum absolute atomic E-state index is 0.00824. The quantitative estimate of drug-likeness (QED) is 0.827. The van der Waals surface area contributed by atoms with Crippen molar-refractivity contribution in [1.82, 2.24) is 14.9 Å². The summed E-state index contributed by atoms with van der Waals surface area (Å²) in [5.74, 6) is -1.61. The van der Waals surface area contributed by atoms with E-state index in [0.29, 0.717) is 24.1 Å². The first-order valence-electron chi connectivity index (χ1n) is 9.98. The number of alkyl halides is 1. The molecule has 6 nitrogen and oxygen atoms in total. The third kappa shape index (κ3) is 3.67. The zero-order valence-corrected chi connectivity index (χ0v) is 16.2. The van der Waals surface area contributed by atoms with Gasteiger partial charge < -0.3 is 4.74 Å². The molecule has 158 valence electrons. The van der Waals surface area contributed by atoms with Crippen molar-refractivity contribution in [2.24, 2.45) is 0 Å². The van der Waals surface area contributed by atoms with E-state index < -0.39 is 12.0 Å². The van der Waals surface area contributed by atoms with Crippen molar-refractivity contribution in [3.8, 4) is 0 Å². The second-order valence-electron chi connectivity index (χ2n) is 8.38. The van der Waals surface area contributed by atoms with Crippen molar-refractivity contribution in [2.45, 2.75) is 43.4 Å². The first-order chi connectivity index (χ1) is 14.4. The predicted octanol–water partition coefficient (Wildman–Crippen LogP) is 3.04. The Bertz CT molecular complexity index is 981. The maximum absolute atomic E-state index is 15.4. The smallest absolute Gasteiger partial charge is 0.240 e. The van der Waals surface area contributed by atoms with Crippen LogP contribution >= 0.6 is 0 Å². The van der Waals surface area contributed by atoms with Gasteiger partial charge in [-0.1, -0.05) is 12.1 Å². The summed E-state index contributed by atoms with van der Waals surface area (Å²) in [6.07, 6.45) is 2.97. The number of carbonyl (C=O) groups is 1. The Labute approximate surface area is 171 Å². The van der Waals surface area contributed by atoms with Gasteiger partial charge in [0.2, 0.25) is 11.9 Å². The molecule has 0 saturated heterocycles. The molecule has 1 aromatic heterocycles. The number of amides is 1. The van der Waals surface area contributed by atoms with E-state index >= 15 is 4.39 Å². The second-order valence-corrected chi connectivity index (χ2v) is 8.38. The van der Waals surface area contributed by atoms with Gasteiger partial charge in [-0.2, -0.15) is 0 Å². The molecule has 0 radical (unpaired) electrons. The fraction of sp³-hybridized carbons (Fsp3) is 0.476. The van der Waals surface area contributed by atoms with Crippen LogP contribution in [-0.2, 0) is 21.6 Å². The van der Waals surface area contributed by atoms with Crippen molar-refractivity contribution >= 4 is 11.9 Å². The predicted molar refractivity (Wildman–Crippen MR) is 101 cm³/mol. The molecule has 1 spiro atoms. The first-order valence-corrected chi connectivity index (χ1v) is 9.98. The van der Waals surface area contributed by atoms with Gasteiger partial charge in [-0.05, 0) is 30.4 Å². The Balaban J connectivity index is 1.33. The van der Waals surface area contributed by atoms with Gasteiger partial charge in [0.05, 0.1) is 32.3 Å².